The van der Waals surface area contributed by atoms with Gasteiger partial charge in [0.1, 0.15) is 5.82 Å². The molecule has 30 heavy (non-hydrogen) atoms. The van der Waals surface area contributed by atoms with Gasteiger partial charge in [0.25, 0.3) is 0 Å². The number of carbonyl (C=O) groups excluding carboxylic acids is 1. The first-order chi connectivity index (χ1) is 14.2. The lowest BCUT2D eigenvalue weighted by molar-refractivity contribution is -0.137. The van der Waals surface area contributed by atoms with Gasteiger partial charge in [-0.05, 0) is 62.1 Å². The molecule has 0 N–H and O–H groups in total. The molecule has 0 aliphatic carbocycles. The van der Waals surface area contributed by atoms with E-state index in [2.05, 4.69) is 11.1 Å². The van der Waals surface area contributed by atoms with Crippen LogP contribution in [0.3, 0.4) is 0 Å². The summed E-state index contributed by atoms with van der Waals surface area (Å²) < 4.78 is 38.4. The third kappa shape index (κ3) is 3.49. The lowest BCUT2D eigenvalue weighted by atomic mass is 9.78. The zero-order valence-corrected chi connectivity index (χ0v) is 16.5. The number of hydrogen-bond acceptors (Lipinski definition) is 4. The molecule has 5 nitrogen and oxygen atoms in total. The molecule has 4 rings (SSSR count). The Morgan fingerprint density at radius 3 is 2.60 bits per heavy atom. The Kier molecular flexibility index (Phi) is 4.92. The fraction of sp³-hybridized carbons (Fsp3) is 0.409. The summed E-state index contributed by atoms with van der Waals surface area (Å²) in [6, 6.07) is 9.91. The van der Waals surface area contributed by atoms with Gasteiger partial charge in [-0.1, -0.05) is 0 Å². The van der Waals surface area contributed by atoms with Crippen molar-refractivity contribution in [3.8, 4) is 6.07 Å². The number of pyridine rings is 1. The Morgan fingerprint density at radius 1 is 1.17 bits per heavy atom. The molecule has 3 heterocycles. The van der Waals surface area contributed by atoms with Gasteiger partial charge in [-0.2, -0.15) is 18.4 Å². The highest BCUT2D eigenvalue weighted by Gasteiger charge is 2.49. The monoisotopic (exact) mass is 414 g/mol. The van der Waals surface area contributed by atoms with E-state index in [0.29, 0.717) is 37.4 Å². The van der Waals surface area contributed by atoms with Crippen LogP contribution in [0.5, 0.6) is 0 Å². The van der Waals surface area contributed by atoms with Gasteiger partial charge in [0.15, 0.2) is 0 Å². The van der Waals surface area contributed by atoms with Crippen LogP contribution in [0.4, 0.5) is 24.7 Å². The van der Waals surface area contributed by atoms with Crippen LogP contribution < -0.4 is 9.80 Å². The van der Waals surface area contributed by atoms with E-state index in [1.54, 1.807) is 17.0 Å². The average Bonchev–Trinajstić information content (AvgIpc) is 3.03. The largest absolute Gasteiger partial charge is 0.417 e. The molecule has 2 saturated heterocycles. The molecule has 156 valence electrons. The van der Waals surface area contributed by atoms with Crippen molar-refractivity contribution < 1.29 is 18.0 Å². The first kappa shape index (κ1) is 20.2. The van der Waals surface area contributed by atoms with E-state index in [9.17, 15) is 18.0 Å². The predicted molar refractivity (Wildman–Crippen MR) is 106 cm³/mol. The third-order valence-electron chi connectivity index (χ3n) is 6.13. The number of aryl methyl sites for hydroxylation is 1. The number of benzene rings is 1. The van der Waals surface area contributed by atoms with Crippen LogP contribution in [0.1, 0.15) is 36.0 Å². The number of rotatable bonds is 2. The summed E-state index contributed by atoms with van der Waals surface area (Å²) in [5.74, 6) is 0.491. The predicted octanol–water partition coefficient (Wildman–Crippen LogP) is 4.30. The Labute approximate surface area is 172 Å². The lowest BCUT2D eigenvalue weighted by Crippen LogP contribution is -2.48. The van der Waals surface area contributed by atoms with Gasteiger partial charge < -0.3 is 9.80 Å². The number of hydrogen-bond donors (Lipinski definition) is 0. The molecule has 1 aromatic heterocycles. The zero-order chi connectivity index (χ0) is 21.5. The quantitative estimate of drug-likeness (QED) is 0.735. The minimum absolute atomic E-state index is 0.0308. The van der Waals surface area contributed by atoms with Crippen molar-refractivity contribution in [3.05, 3.63) is 53.2 Å². The summed E-state index contributed by atoms with van der Waals surface area (Å²) >= 11 is 0. The molecule has 2 fully saturated rings. The third-order valence-corrected chi connectivity index (χ3v) is 6.13. The number of anilines is 2. The van der Waals surface area contributed by atoms with Crippen LogP contribution in [0.25, 0.3) is 0 Å². The smallest absolute Gasteiger partial charge is 0.356 e. The van der Waals surface area contributed by atoms with E-state index in [0.717, 1.165) is 36.4 Å². The number of aromatic nitrogens is 1. The van der Waals surface area contributed by atoms with Crippen LogP contribution in [0.2, 0.25) is 0 Å². The molecule has 8 heteroatoms. The molecule has 1 spiro atoms. The van der Waals surface area contributed by atoms with Crippen molar-refractivity contribution in [3.63, 3.8) is 0 Å². The SMILES string of the molecule is Cc1cc(N2CCC3(CCCN(c4ccc(C(F)(F)F)cn4)C3)C2=O)ccc1C#N. The van der Waals surface area contributed by atoms with E-state index >= 15 is 0 Å². The van der Waals surface area contributed by atoms with Gasteiger partial charge >= 0.3 is 6.18 Å². The topological polar surface area (TPSA) is 60.2 Å². The minimum atomic E-state index is -4.42. The van der Waals surface area contributed by atoms with Gasteiger partial charge in [0.05, 0.1) is 22.6 Å². The Morgan fingerprint density at radius 2 is 1.97 bits per heavy atom. The molecular weight excluding hydrogens is 393 g/mol. The van der Waals surface area contributed by atoms with E-state index in [-0.39, 0.29) is 5.91 Å². The molecule has 0 bridgehead atoms. The number of carbonyl (C=O) groups is 1. The Hall–Kier alpha value is -3.08. The maximum atomic E-state index is 13.4. The second kappa shape index (κ2) is 7.31. The Bertz CT molecular complexity index is 1010. The summed E-state index contributed by atoms with van der Waals surface area (Å²) in [6.07, 6.45) is -1.37. The van der Waals surface area contributed by atoms with E-state index in [1.807, 2.05) is 17.9 Å². The van der Waals surface area contributed by atoms with Crippen LogP contribution in [0, 0.1) is 23.7 Å². The lowest BCUT2D eigenvalue weighted by Gasteiger charge is -2.39. The number of halogens is 3. The molecule has 1 unspecified atom stereocenters. The first-order valence-electron chi connectivity index (χ1n) is 9.84. The van der Waals surface area contributed by atoms with Crippen molar-refractivity contribution in [2.75, 3.05) is 29.4 Å². The summed E-state index contributed by atoms with van der Waals surface area (Å²) in [5, 5.41) is 9.12. The van der Waals surface area contributed by atoms with E-state index in [4.69, 9.17) is 5.26 Å². The standard InChI is InChI=1S/C22H21F3N4O/c1-15-11-18(5-3-16(15)12-26)29-10-8-21(20(29)30)7-2-9-28(14-21)19-6-4-17(13-27-19)22(23,24)25/h3-6,11,13H,2,7-10,14H2,1H3. The zero-order valence-electron chi connectivity index (χ0n) is 16.5. The van der Waals surface area contributed by atoms with Crippen LogP contribution in [0.15, 0.2) is 36.5 Å². The van der Waals surface area contributed by atoms with Gasteiger partial charge in [0, 0.05) is 31.5 Å². The van der Waals surface area contributed by atoms with Gasteiger partial charge in [-0.15, -0.1) is 0 Å². The second-order valence-electron chi connectivity index (χ2n) is 8.03. The van der Waals surface area contributed by atoms with E-state index < -0.39 is 17.2 Å². The molecule has 1 amide bonds. The average molecular weight is 414 g/mol. The highest BCUT2D eigenvalue weighted by molar-refractivity contribution is 6.00. The number of piperidine rings is 1. The van der Waals surface area contributed by atoms with Crippen molar-refractivity contribution in [1.82, 2.24) is 4.98 Å². The highest BCUT2D eigenvalue weighted by atomic mass is 19.4. The maximum absolute atomic E-state index is 13.4. The maximum Gasteiger partial charge on any atom is 0.417 e. The Balaban J connectivity index is 1.54. The van der Waals surface area contributed by atoms with Crippen molar-refractivity contribution in [1.29, 1.82) is 5.26 Å². The van der Waals surface area contributed by atoms with Crippen molar-refractivity contribution >= 4 is 17.4 Å². The van der Waals surface area contributed by atoms with E-state index in [1.165, 1.54) is 6.07 Å². The number of nitriles is 1. The normalized spacial score (nSPS) is 21.9. The summed E-state index contributed by atoms with van der Waals surface area (Å²) in [5.41, 5.74) is 0.834. The van der Waals surface area contributed by atoms with Crippen molar-refractivity contribution in [2.45, 2.75) is 32.4 Å². The van der Waals surface area contributed by atoms with Gasteiger partial charge in [-0.25, -0.2) is 4.98 Å². The second-order valence-corrected chi connectivity index (χ2v) is 8.03. The number of nitrogens with zero attached hydrogens (tertiary/aromatic N) is 4. The molecule has 1 aromatic carbocycles. The summed E-state index contributed by atoms with van der Waals surface area (Å²) in [7, 11) is 0. The molecule has 0 radical (unpaired) electrons. The minimum Gasteiger partial charge on any atom is -0.356 e. The molecule has 2 aromatic rings. The molecule has 0 saturated carbocycles. The van der Waals surface area contributed by atoms with Crippen LogP contribution in [-0.4, -0.2) is 30.5 Å². The number of alkyl halides is 3. The van der Waals surface area contributed by atoms with Gasteiger partial charge in [0.2, 0.25) is 5.91 Å². The summed E-state index contributed by atoms with van der Waals surface area (Å²) in [6.45, 7) is 3.52. The van der Waals surface area contributed by atoms with Gasteiger partial charge in [-0.3, -0.25) is 4.79 Å². The first-order valence-corrected chi connectivity index (χ1v) is 9.84. The molecular formula is C22H21F3N4O. The fourth-order valence-corrected chi connectivity index (χ4v) is 4.45. The molecule has 1 atom stereocenters. The molecule has 2 aliphatic heterocycles. The van der Waals surface area contributed by atoms with Crippen molar-refractivity contribution in [2.24, 2.45) is 5.41 Å². The van der Waals surface area contributed by atoms with Crippen LogP contribution in [-0.2, 0) is 11.0 Å². The van der Waals surface area contributed by atoms with Crippen LogP contribution >= 0.6 is 0 Å². The summed E-state index contributed by atoms with van der Waals surface area (Å²) in [4.78, 5) is 21.1. The number of amides is 1. The molecule has 2 aliphatic rings. The fourth-order valence-electron chi connectivity index (χ4n) is 4.45. The highest BCUT2D eigenvalue weighted by Crippen LogP contribution is 2.43.